The normalized spacial score (nSPS) is 13.5. The van der Waals surface area contributed by atoms with Gasteiger partial charge in [0.25, 0.3) is 11.8 Å². The first-order valence-electron chi connectivity index (χ1n) is 9.49. The van der Waals surface area contributed by atoms with E-state index in [1.54, 1.807) is 24.3 Å². The van der Waals surface area contributed by atoms with Gasteiger partial charge in [-0.2, -0.15) is 0 Å². The van der Waals surface area contributed by atoms with Crippen LogP contribution in [0.4, 0.5) is 0 Å². The SMILES string of the molecule is COC(=O)[C@@H](Cc1c[nH]c2c1=CCCC=2)NC(=O)c1ccc(/C=C/C(=O)NO)cc1. The Labute approximate surface area is 172 Å². The van der Waals surface area contributed by atoms with E-state index in [4.69, 9.17) is 9.94 Å². The summed E-state index contributed by atoms with van der Waals surface area (Å²) in [4.78, 5) is 39.2. The number of hydroxylamine groups is 1. The van der Waals surface area contributed by atoms with Crippen LogP contribution < -0.4 is 21.4 Å². The van der Waals surface area contributed by atoms with E-state index in [0.717, 1.165) is 35.0 Å². The van der Waals surface area contributed by atoms with Crippen LogP contribution in [0.15, 0.2) is 36.5 Å². The lowest BCUT2D eigenvalue weighted by Gasteiger charge is -2.16. The van der Waals surface area contributed by atoms with Gasteiger partial charge in [0.05, 0.1) is 7.11 Å². The number of ether oxygens (including phenoxy) is 1. The number of carbonyl (C=O) groups is 3. The highest BCUT2D eigenvalue weighted by Crippen LogP contribution is 2.08. The Morgan fingerprint density at radius 1 is 1.20 bits per heavy atom. The molecule has 8 heteroatoms. The number of H-pyrrole nitrogens is 1. The molecule has 1 aliphatic carbocycles. The first-order valence-corrected chi connectivity index (χ1v) is 9.49. The molecule has 1 aromatic heterocycles. The quantitative estimate of drug-likeness (QED) is 0.228. The Hall–Kier alpha value is -3.65. The van der Waals surface area contributed by atoms with Crippen LogP contribution in [-0.4, -0.2) is 41.1 Å². The number of methoxy groups -OCH3 is 1. The van der Waals surface area contributed by atoms with Crippen molar-refractivity contribution in [2.24, 2.45) is 0 Å². The molecule has 0 unspecified atom stereocenters. The van der Waals surface area contributed by atoms with Crippen molar-refractivity contribution in [3.05, 3.63) is 63.8 Å². The van der Waals surface area contributed by atoms with Gasteiger partial charge in [-0.3, -0.25) is 14.8 Å². The van der Waals surface area contributed by atoms with Crippen LogP contribution in [0.5, 0.6) is 0 Å². The fraction of sp³-hybridized carbons (Fsp3) is 0.227. The van der Waals surface area contributed by atoms with Crippen molar-refractivity contribution in [2.75, 3.05) is 7.11 Å². The second-order valence-electron chi connectivity index (χ2n) is 6.81. The summed E-state index contributed by atoms with van der Waals surface area (Å²) in [7, 11) is 1.29. The van der Waals surface area contributed by atoms with Crippen molar-refractivity contribution in [2.45, 2.75) is 25.3 Å². The minimum atomic E-state index is -0.828. The summed E-state index contributed by atoms with van der Waals surface area (Å²) in [6.45, 7) is 0. The predicted octanol–water partition coefficient (Wildman–Crippen LogP) is 0.402. The third-order valence-electron chi connectivity index (χ3n) is 4.83. The van der Waals surface area contributed by atoms with E-state index in [1.165, 1.54) is 18.7 Å². The lowest BCUT2D eigenvalue weighted by molar-refractivity contribution is -0.142. The summed E-state index contributed by atoms with van der Waals surface area (Å²) >= 11 is 0. The van der Waals surface area contributed by atoms with Crippen LogP contribution in [0.1, 0.15) is 34.3 Å². The molecule has 0 aliphatic heterocycles. The van der Waals surface area contributed by atoms with Gasteiger partial charge in [0.1, 0.15) is 6.04 Å². The van der Waals surface area contributed by atoms with Gasteiger partial charge in [0.15, 0.2) is 0 Å². The van der Waals surface area contributed by atoms with Gasteiger partial charge in [0.2, 0.25) is 0 Å². The molecule has 0 fully saturated rings. The first-order chi connectivity index (χ1) is 14.5. The Morgan fingerprint density at radius 3 is 2.63 bits per heavy atom. The lowest BCUT2D eigenvalue weighted by Crippen LogP contribution is -2.44. The summed E-state index contributed by atoms with van der Waals surface area (Å²) in [5, 5.41) is 13.3. The minimum absolute atomic E-state index is 0.311. The van der Waals surface area contributed by atoms with Crippen LogP contribution in [0.2, 0.25) is 0 Å². The van der Waals surface area contributed by atoms with E-state index in [2.05, 4.69) is 22.5 Å². The molecule has 3 rings (SSSR count). The lowest BCUT2D eigenvalue weighted by atomic mass is 10.0. The number of esters is 1. The number of carbonyl (C=O) groups excluding carboxylic acids is 3. The van der Waals surface area contributed by atoms with Gasteiger partial charge in [-0.05, 0) is 47.4 Å². The highest BCUT2D eigenvalue weighted by Gasteiger charge is 2.23. The third kappa shape index (κ3) is 5.03. The maximum absolute atomic E-state index is 12.7. The number of amides is 2. The fourth-order valence-electron chi connectivity index (χ4n) is 3.28. The second kappa shape index (κ2) is 9.71. The summed E-state index contributed by atoms with van der Waals surface area (Å²) in [6, 6.07) is 5.64. The minimum Gasteiger partial charge on any atom is -0.467 e. The molecule has 0 saturated carbocycles. The van der Waals surface area contributed by atoms with Crippen LogP contribution in [0.25, 0.3) is 18.2 Å². The fourth-order valence-corrected chi connectivity index (χ4v) is 3.28. The van der Waals surface area contributed by atoms with E-state index in [1.807, 2.05) is 6.20 Å². The number of aromatic nitrogens is 1. The highest BCUT2D eigenvalue weighted by atomic mass is 16.5. The van der Waals surface area contributed by atoms with E-state index in [9.17, 15) is 14.4 Å². The molecule has 1 aromatic carbocycles. The molecule has 8 nitrogen and oxygen atoms in total. The van der Waals surface area contributed by atoms with Gasteiger partial charge in [-0.15, -0.1) is 0 Å². The summed E-state index contributed by atoms with van der Waals surface area (Å²) in [6.07, 6.45) is 11.0. The Bertz CT molecular complexity index is 1080. The number of benzene rings is 1. The van der Waals surface area contributed by atoms with Gasteiger partial charge in [-0.25, -0.2) is 10.3 Å². The monoisotopic (exact) mass is 409 g/mol. The average Bonchev–Trinajstić information content (AvgIpc) is 3.19. The molecule has 156 valence electrons. The molecule has 0 bridgehead atoms. The highest BCUT2D eigenvalue weighted by molar-refractivity contribution is 5.97. The Balaban J connectivity index is 1.73. The van der Waals surface area contributed by atoms with Gasteiger partial charge >= 0.3 is 5.97 Å². The van der Waals surface area contributed by atoms with Crippen molar-refractivity contribution in [3.63, 3.8) is 0 Å². The molecule has 0 spiro atoms. The topological polar surface area (TPSA) is 121 Å². The number of aromatic amines is 1. The van der Waals surface area contributed by atoms with Crippen molar-refractivity contribution >= 4 is 36.0 Å². The predicted molar refractivity (Wildman–Crippen MR) is 111 cm³/mol. The third-order valence-corrected chi connectivity index (χ3v) is 4.83. The van der Waals surface area contributed by atoms with Gasteiger partial charge < -0.3 is 15.0 Å². The standard InChI is InChI=1S/C22H23N3O5/c1-30-22(28)19(12-16-13-23-18-5-3-2-4-17(16)18)24-21(27)15-9-6-14(7-10-15)8-11-20(26)25-29/h4-11,13,19,23,29H,2-3,12H2,1H3,(H,24,27)(H,25,26)/b11-8+/t19-/m1/s1. The van der Waals surface area contributed by atoms with Gasteiger partial charge in [-0.1, -0.05) is 24.3 Å². The molecule has 2 amide bonds. The van der Waals surface area contributed by atoms with Gasteiger partial charge in [0, 0.05) is 29.6 Å². The molecule has 2 aromatic rings. The van der Waals surface area contributed by atoms with Crippen molar-refractivity contribution < 1.29 is 24.3 Å². The molecule has 4 N–H and O–H groups in total. The Morgan fingerprint density at radius 2 is 1.93 bits per heavy atom. The van der Waals surface area contributed by atoms with E-state index >= 15 is 0 Å². The molecule has 1 atom stereocenters. The van der Waals surface area contributed by atoms with Crippen molar-refractivity contribution in [1.29, 1.82) is 0 Å². The average molecular weight is 409 g/mol. The number of rotatable bonds is 7. The van der Waals surface area contributed by atoms with E-state index in [0.29, 0.717) is 17.5 Å². The summed E-state index contributed by atoms with van der Waals surface area (Å²) in [5.41, 5.74) is 3.48. The summed E-state index contributed by atoms with van der Waals surface area (Å²) < 4.78 is 4.88. The molecular weight excluding hydrogens is 386 g/mol. The van der Waals surface area contributed by atoms with Crippen LogP contribution >= 0.6 is 0 Å². The molecule has 30 heavy (non-hydrogen) atoms. The largest absolute Gasteiger partial charge is 0.467 e. The van der Waals surface area contributed by atoms with Crippen LogP contribution in [-0.2, 0) is 20.7 Å². The van der Waals surface area contributed by atoms with Crippen molar-refractivity contribution in [3.8, 4) is 0 Å². The first kappa shape index (κ1) is 21.1. The molecule has 1 aliphatic rings. The smallest absolute Gasteiger partial charge is 0.328 e. The maximum Gasteiger partial charge on any atom is 0.328 e. The van der Waals surface area contributed by atoms with Crippen LogP contribution in [0, 0.1) is 0 Å². The zero-order valence-electron chi connectivity index (χ0n) is 16.5. The number of fused-ring (bicyclic) bond motifs is 1. The summed E-state index contributed by atoms with van der Waals surface area (Å²) in [5.74, 6) is -1.58. The van der Waals surface area contributed by atoms with Crippen LogP contribution in [0.3, 0.4) is 0 Å². The molecular formula is C22H23N3O5. The van der Waals surface area contributed by atoms with E-state index < -0.39 is 23.8 Å². The number of nitrogens with one attached hydrogen (secondary N) is 3. The zero-order valence-corrected chi connectivity index (χ0v) is 16.5. The molecule has 0 saturated heterocycles. The second-order valence-corrected chi connectivity index (χ2v) is 6.81. The van der Waals surface area contributed by atoms with Crippen molar-refractivity contribution in [1.82, 2.24) is 15.8 Å². The molecule has 1 heterocycles. The van der Waals surface area contributed by atoms with E-state index in [-0.39, 0.29) is 0 Å². The molecule has 0 radical (unpaired) electrons. The Kier molecular flexibility index (Phi) is 6.82. The maximum atomic E-state index is 12.7. The zero-order chi connectivity index (χ0) is 21.5. The number of hydrogen-bond acceptors (Lipinski definition) is 5. The number of hydrogen-bond donors (Lipinski definition) is 4.